The number of guanidine groups is 1. The first-order chi connectivity index (χ1) is 12.8. The summed E-state index contributed by atoms with van der Waals surface area (Å²) in [7, 11) is 0. The summed E-state index contributed by atoms with van der Waals surface area (Å²) in [6, 6.07) is 10.5. The van der Waals surface area contributed by atoms with Crippen LogP contribution in [0, 0.1) is 0 Å². The second-order valence-electron chi connectivity index (χ2n) is 6.49. The standard InChI is InChI=1S/C20H29N5S/c1-2-21-20(24-15-18-9-6-14-26-18)23-11-10-19-22-12-13-25(19)16-17-7-4-3-5-8-17/h3-5,7-8,12-13,18H,2,6,9-11,14-16H2,1H3,(H2,21,23,24). The van der Waals surface area contributed by atoms with Gasteiger partial charge < -0.3 is 15.2 Å². The van der Waals surface area contributed by atoms with E-state index < -0.39 is 0 Å². The molecule has 1 aliphatic rings. The van der Waals surface area contributed by atoms with Gasteiger partial charge in [-0.3, -0.25) is 4.99 Å². The lowest BCUT2D eigenvalue weighted by Gasteiger charge is -2.13. The Morgan fingerprint density at radius 2 is 2.19 bits per heavy atom. The van der Waals surface area contributed by atoms with Gasteiger partial charge in [0, 0.05) is 43.7 Å². The quantitative estimate of drug-likeness (QED) is 0.553. The topological polar surface area (TPSA) is 54.2 Å². The highest BCUT2D eigenvalue weighted by atomic mass is 32.2. The number of thioether (sulfide) groups is 1. The lowest BCUT2D eigenvalue weighted by molar-refractivity contribution is 0.693. The van der Waals surface area contributed by atoms with Gasteiger partial charge in [0.25, 0.3) is 0 Å². The predicted octanol–water partition coefficient (Wildman–Crippen LogP) is 2.92. The molecule has 26 heavy (non-hydrogen) atoms. The highest BCUT2D eigenvalue weighted by molar-refractivity contribution is 8.00. The van der Waals surface area contributed by atoms with Gasteiger partial charge in [-0.1, -0.05) is 30.3 Å². The Hall–Kier alpha value is -1.95. The van der Waals surface area contributed by atoms with Crippen LogP contribution >= 0.6 is 11.8 Å². The van der Waals surface area contributed by atoms with Gasteiger partial charge in [-0.25, -0.2) is 4.98 Å². The van der Waals surface area contributed by atoms with Crippen molar-refractivity contribution >= 4 is 17.7 Å². The highest BCUT2D eigenvalue weighted by Gasteiger charge is 2.15. The molecule has 1 atom stereocenters. The Kier molecular flexibility index (Phi) is 7.43. The third kappa shape index (κ3) is 5.80. The van der Waals surface area contributed by atoms with Crippen molar-refractivity contribution in [3.8, 4) is 0 Å². The molecule has 6 heteroatoms. The number of nitrogens with zero attached hydrogens (tertiary/aromatic N) is 3. The van der Waals surface area contributed by atoms with Crippen LogP contribution in [0.4, 0.5) is 0 Å². The molecular formula is C20H29N5S. The Bertz CT molecular complexity index is 677. The van der Waals surface area contributed by atoms with E-state index >= 15 is 0 Å². The fourth-order valence-corrected chi connectivity index (χ4v) is 4.29. The van der Waals surface area contributed by atoms with Gasteiger partial charge in [-0.05, 0) is 31.1 Å². The number of aliphatic imine (C=N–C) groups is 1. The second kappa shape index (κ2) is 10.3. The van der Waals surface area contributed by atoms with Crippen LogP contribution in [0.5, 0.6) is 0 Å². The molecule has 5 nitrogen and oxygen atoms in total. The average Bonchev–Trinajstić information content (AvgIpc) is 3.33. The second-order valence-corrected chi connectivity index (χ2v) is 7.90. The van der Waals surface area contributed by atoms with Crippen LogP contribution < -0.4 is 10.6 Å². The molecule has 1 saturated heterocycles. The smallest absolute Gasteiger partial charge is 0.191 e. The molecule has 0 radical (unpaired) electrons. The fraction of sp³-hybridized carbons (Fsp3) is 0.500. The van der Waals surface area contributed by atoms with Crippen molar-refractivity contribution in [1.29, 1.82) is 0 Å². The first kappa shape index (κ1) is 18.8. The van der Waals surface area contributed by atoms with Crippen LogP contribution in [0.15, 0.2) is 47.7 Å². The van der Waals surface area contributed by atoms with Crippen LogP contribution in [-0.2, 0) is 13.0 Å². The van der Waals surface area contributed by atoms with Crippen molar-refractivity contribution < 1.29 is 0 Å². The Balaban J connectivity index is 1.49. The summed E-state index contributed by atoms with van der Waals surface area (Å²) in [6.07, 6.45) is 7.44. The molecule has 2 aromatic rings. The summed E-state index contributed by atoms with van der Waals surface area (Å²) in [5.74, 6) is 3.30. The first-order valence-corrected chi connectivity index (χ1v) is 10.6. The molecular weight excluding hydrogens is 342 g/mol. The van der Waals surface area contributed by atoms with Gasteiger partial charge in [-0.15, -0.1) is 0 Å². The van der Waals surface area contributed by atoms with Crippen molar-refractivity contribution in [2.24, 2.45) is 4.99 Å². The average molecular weight is 372 g/mol. The number of hydrogen-bond acceptors (Lipinski definition) is 3. The minimum Gasteiger partial charge on any atom is -0.357 e. The molecule has 1 aromatic carbocycles. The molecule has 0 bridgehead atoms. The van der Waals surface area contributed by atoms with Gasteiger partial charge in [0.05, 0.1) is 6.54 Å². The molecule has 2 N–H and O–H groups in total. The largest absolute Gasteiger partial charge is 0.357 e. The first-order valence-electron chi connectivity index (χ1n) is 9.53. The lowest BCUT2D eigenvalue weighted by Crippen LogP contribution is -2.39. The molecule has 1 fully saturated rings. The normalized spacial score (nSPS) is 17.4. The number of aromatic nitrogens is 2. The SMILES string of the molecule is CCNC(=NCC1CCCS1)NCCc1nccn1Cc1ccccc1. The Morgan fingerprint density at radius 1 is 1.31 bits per heavy atom. The predicted molar refractivity (Wildman–Crippen MR) is 111 cm³/mol. The maximum atomic E-state index is 4.75. The van der Waals surface area contributed by atoms with E-state index in [-0.39, 0.29) is 0 Å². The van der Waals surface area contributed by atoms with Crippen molar-refractivity contribution in [2.45, 2.75) is 38.0 Å². The molecule has 0 spiro atoms. The molecule has 1 aliphatic heterocycles. The Labute approximate surface area is 160 Å². The maximum Gasteiger partial charge on any atom is 0.191 e. The molecule has 2 heterocycles. The van der Waals surface area contributed by atoms with E-state index in [1.54, 1.807) is 0 Å². The number of rotatable bonds is 8. The molecule has 0 aliphatic carbocycles. The summed E-state index contributed by atoms with van der Waals surface area (Å²) in [6.45, 7) is 5.58. The zero-order valence-corrected chi connectivity index (χ0v) is 16.3. The van der Waals surface area contributed by atoms with Crippen LogP contribution in [0.2, 0.25) is 0 Å². The van der Waals surface area contributed by atoms with Gasteiger partial charge in [0.15, 0.2) is 5.96 Å². The molecule has 0 amide bonds. The highest BCUT2D eigenvalue weighted by Crippen LogP contribution is 2.25. The third-order valence-corrected chi connectivity index (χ3v) is 5.84. The molecule has 1 aromatic heterocycles. The van der Waals surface area contributed by atoms with Crippen molar-refractivity contribution in [2.75, 3.05) is 25.4 Å². The van der Waals surface area contributed by atoms with E-state index in [4.69, 9.17) is 4.99 Å². The van der Waals surface area contributed by atoms with Gasteiger partial charge in [0.2, 0.25) is 0 Å². The molecule has 3 rings (SSSR count). The van der Waals surface area contributed by atoms with E-state index in [0.29, 0.717) is 5.25 Å². The van der Waals surface area contributed by atoms with Crippen LogP contribution in [0.25, 0.3) is 0 Å². The van der Waals surface area contributed by atoms with Crippen molar-refractivity contribution in [1.82, 2.24) is 20.2 Å². The summed E-state index contributed by atoms with van der Waals surface area (Å²) in [4.78, 5) is 9.27. The van der Waals surface area contributed by atoms with Crippen LogP contribution in [-0.4, -0.2) is 46.1 Å². The van der Waals surface area contributed by atoms with Gasteiger partial charge in [0.1, 0.15) is 5.82 Å². The number of benzene rings is 1. The van der Waals surface area contributed by atoms with Crippen molar-refractivity contribution in [3.63, 3.8) is 0 Å². The molecule has 140 valence electrons. The fourth-order valence-electron chi connectivity index (χ4n) is 3.11. The molecule has 1 unspecified atom stereocenters. The van der Waals surface area contributed by atoms with Gasteiger partial charge >= 0.3 is 0 Å². The minimum atomic E-state index is 0.690. The van der Waals surface area contributed by atoms with Crippen LogP contribution in [0.1, 0.15) is 31.2 Å². The Morgan fingerprint density at radius 3 is 2.96 bits per heavy atom. The zero-order chi connectivity index (χ0) is 18.0. The zero-order valence-electron chi connectivity index (χ0n) is 15.5. The molecule has 0 saturated carbocycles. The maximum absolute atomic E-state index is 4.75. The van der Waals surface area contributed by atoms with E-state index in [1.807, 2.05) is 12.3 Å². The summed E-state index contributed by atoms with van der Waals surface area (Å²) >= 11 is 2.05. The van der Waals surface area contributed by atoms with E-state index in [0.717, 1.165) is 44.4 Å². The van der Waals surface area contributed by atoms with Crippen molar-refractivity contribution in [3.05, 3.63) is 54.1 Å². The van der Waals surface area contributed by atoms with E-state index in [9.17, 15) is 0 Å². The third-order valence-electron chi connectivity index (χ3n) is 4.46. The lowest BCUT2D eigenvalue weighted by atomic mass is 10.2. The minimum absolute atomic E-state index is 0.690. The number of imidazole rings is 1. The monoisotopic (exact) mass is 371 g/mol. The number of nitrogens with one attached hydrogen (secondary N) is 2. The van der Waals surface area contributed by atoms with Gasteiger partial charge in [-0.2, -0.15) is 11.8 Å². The van der Waals surface area contributed by atoms with E-state index in [2.05, 4.69) is 69.3 Å². The summed E-state index contributed by atoms with van der Waals surface area (Å²) < 4.78 is 2.22. The van der Waals surface area contributed by atoms with Crippen LogP contribution in [0.3, 0.4) is 0 Å². The summed E-state index contributed by atoms with van der Waals surface area (Å²) in [5.41, 5.74) is 1.30. The number of hydrogen-bond donors (Lipinski definition) is 2. The van der Waals surface area contributed by atoms with E-state index in [1.165, 1.54) is 24.2 Å². The summed E-state index contributed by atoms with van der Waals surface area (Å²) in [5, 5.41) is 7.48.